The second kappa shape index (κ2) is 6.41. The van der Waals surface area contributed by atoms with Crippen LogP contribution in [0.2, 0.25) is 0 Å². The first-order valence-corrected chi connectivity index (χ1v) is 6.68. The highest BCUT2D eigenvalue weighted by Gasteiger charge is 2.32. The Morgan fingerprint density at radius 3 is 2.33 bits per heavy atom. The number of carbonyl (C=O) groups excluding carboxylic acids is 1. The minimum atomic E-state index is -0.156. The number of thiol groups is 1. The van der Waals surface area contributed by atoms with E-state index in [1.54, 1.807) is 0 Å². The van der Waals surface area contributed by atoms with E-state index in [0.29, 0.717) is 12.2 Å². The number of hydrogen-bond acceptors (Lipinski definition) is 3. The Morgan fingerprint density at radius 1 is 1.27 bits per heavy atom. The lowest BCUT2D eigenvalue weighted by Crippen LogP contribution is -2.34. The monoisotopic (exact) mass is 230 g/mol. The SMILES string of the molecule is CCC1(OC(=O)CCS)CCCCCC1. The molecule has 0 aromatic carbocycles. The number of rotatable bonds is 4. The molecule has 1 rings (SSSR count). The molecule has 1 saturated carbocycles. The van der Waals surface area contributed by atoms with Crippen LogP contribution in [0, 0.1) is 0 Å². The zero-order chi connectivity index (χ0) is 11.1. The van der Waals surface area contributed by atoms with Crippen molar-refractivity contribution in [3.63, 3.8) is 0 Å². The third-order valence-corrected chi connectivity index (χ3v) is 3.53. The van der Waals surface area contributed by atoms with Crippen molar-refractivity contribution in [2.75, 3.05) is 5.75 Å². The molecule has 0 amide bonds. The quantitative estimate of drug-likeness (QED) is 0.455. The summed E-state index contributed by atoms with van der Waals surface area (Å²) in [4.78, 5) is 11.5. The summed E-state index contributed by atoms with van der Waals surface area (Å²) in [5, 5.41) is 0. The summed E-state index contributed by atoms with van der Waals surface area (Å²) in [5.41, 5.74) is -0.156. The lowest BCUT2D eigenvalue weighted by Gasteiger charge is -2.31. The van der Waals surface area contributed by atoms with Gasteiger partial charge in [-0.1, -0.05) is 19.8 Å². The fourth-order valence-corrected chi connectivity index (χ4v) is 2.47. The summed E-state index contributed by atoms with van der Waals surface area (Å²) in [5.74, 6) is 0.507. The molecule has 0 radical (unpaired) electrons. The summed E-state index contributed by atoms with van der Waals surface area (Å²) < 4.78 is 5.66. The van der Waals surface area contributed by atoms with Crippen molar-refractivity contribution < 1.29 is 9.53 Å². The summed E-state index contributed by atoms with van der Waals surface area (Å²) in [6, 6.07) is 0. The van der Waals surface area contributed by atoms with Gasteiger partial charge in [0.25, 0.3) is 0 Å². The molecule has 0 bridgehead atoms. The minimum Gasteiger partial charge on any atom is -0.459 e. The van der Waals surface area contributed by atoms with Crippen LogP contribution in [0.1, 0.15) is 58.3 Å². The van der Waals surface area contributed by atoms with Crippen molar-refractivity contribution in [1.82, 2.24) is 0 Å². The van der Waals surface area contributed by atoms with E-state index >= 15 is 0 Å². The summed E-state index contributed by atoms with van der Waals surface area (Å²) in [6.45, 7) is 2.12. The molecule has 15 heavy (non-hydrogen) atoms. The molecule has 0 aliphatic heterocycles. The number of esters is 1. The van der Waals surface area contributed by atoms with Gasteiger partial charge in [0.15, 0.2) is 0 Å². The fraction of sp³-hybridized carbons (Fsp3) is 0.917. The van der Waals surface area contributed by atoms with Gasteiger partial charge in [-0.25, -0.2) is 0 Å². The van der Waals surface area contributed by atoms with Gasteiger partial charge in [0.05, 0.1) is 6.42 Å². The van der Waals surface area contributed by atoms with E-state index in [0.717, 1.165) is 19.3 Å². The topological polar surface area (TPSA) is 26.3 Å². The second-order valence-corrected chi connectivity index (χ2v) is 4.85. The predicted octanol–water partition coefficient (Wildman–Crippen LogP) is 3.35. The van der Waals surface area contributed by atoms with Crippen LogP contribution in [0.15, 0.2) is 0 Å². The van der Waals surface area contributed by atoms with Crippen LogP contribution in [0.4, 0.5) is 0 Å². The summed E-state index contributed by atoms with van der Waals surface area (Å²) in [6.07, 6.45) is 8.43. The van der Waals surface area contributed by atoms with Gasteiger partial charge in [-0.05, 0) is 32.1 Å². The van der Waals surface area contributed by atoms with Crippen molar-refractivity contribution in [3.05, 3.63) is 0 Å². The Balaban J connectivity index is 2.53. The fourth-order valence-electron chi connectivity index (χ4n) is 2.28. The van der Waals surface area contributed by atoms with E-state index in [1.807, 2.05) is 0 Å². The van der Waals surface area contributed by atoms with Gasteiger partial charge in [0.2, 0.25) is 0 Å². The normalized spacial score (nSPS) is 20.7. The summed E-state index contributed by atoms with van der Waals surface area (Å²) >= 11 is 4.05. The first kappa shape index (κ1) is 12.9. The molecule has 1 aliphatic carbocycles. The lowest BCUT2D eigenvalue weighted by molar-refractivity contribution is -0.161. The molecule has 0 unspecified atom stereocenters. The molecule has 0 heterocycles. The van der Waals surface area contributed by atoms with Gasteiger partial charge in [-0.3, -0.25) is 4.79 Å². The Labute approximate surface area is 98.2 Å². The highest BCUT2D eigenvalue weighted by atomic mass is 32.1. The van der Waals surface area contributed by atoms with Crippen LogP contribution < -0.4 is 0 Å². The van der Waals surface area contributed by atoms with E-state index in [4.69, 9.17) is 4.74 Å². The van der Waals surface area contributed by atoms with Crippen molar-refractivity contribution >= 4 is 18.6 Å². The molecule has 1 aliphatic rings. The average molecular weight is 230 g/mol. The maximum atomic E-state index is 11.5. The number of carbonyl (C=O) groups is 1. The molecule has 3 heteroatoms. The van der Waals surface area contributed by atoms with Crippen LogP contribution in [-0.2, 0) is 9.53 Å². The predicted molar refractivity (Wildman–Crippen MR) is 65.3 cm³/mol. The zero-order valence-corrected chi connectivity index (χ0v) is 10.5. The largest absolute Gasteiger partial charge is 0.459 e. The van der Waals surface area contributed by atoms with Crippen molar-refractivity contribution in [2.24, 2.45) is 0 Å². The van der Waals surface area contributed by atoms with Gasteiger partial charge < -0.3 is 4.74 Å². The Hall–Kier alpha value is -0.180. The van der Waals surface area contributed by atoms with Crippen molar-refractivity contribution in [3.8, 4) is 0 Å². The molecule has 0 saturated heterocycles. The van der Waals surface area contributed by atoms with Crippen molar-refractivity contribution in [2.45, 2.75) is 63.9 Å². The molecule has 1 fully saturated rings. The summed E-state index contributed by atoms with van der Waals surface area (Å²) in [7, 11) is 0. The Bertz CT molecular complexity index is 196. The van der Waals surface area contributed by atoms with Gasteiger partial charge >= 0.3 is 5.97 Å². The smallest absolute Gasteiger partial charge is 0.307 e. The van der Waals surface area contributed by atoms with E-state index in [1.165, 1.54) is 25.7 Å². The first-order chi connectivity index (χ1) is 7.22. The molecule has 2 nitrogen and oxygen atoms in total. The third kappa shape index (κ3) is 4.06. The van der Waals surface area contributed by atoms with Gasteiger partial charge in [0, 0.05) is 5.75 Å². The Morgan fingerprint density at radius 2 is 1.87 bits per heavy atom. The maximum Gasteiger partial charge on any atom is 0.307 e. The Kier molecular flexibility index (Phi) is 5.51. The van der Waals surface area contributed by atoms with Gasteiger partial charge in [-0.2, -0.15) is 12.6 Å². The standard InChI is InChI=1S/C12H22O2S/c1-2-12(14-11(13)7-10-15)8-5-3-4-6-9-12/h15H,2-10H2,1H3. The molecular weight excluding hydrogens is 208 g/mol. The molecule has 88 valence electrons. The van der Waals surface area contributed by atoms with Crippen LogP contribution in [-0.4, -0.2) is 17.3 Å². The van der Waals surface area contributed by atoms with Crippen molar-refractivity contribution in [1.29, 1.82) is 0 Å². The van der Waals surface area contributed by atoms with Gasteiger partial charge in [-0.15, -0.1) is 0 Å². The second-order valence-electron chi connectivity index (χ2n) is 4.40. The lowest BCUT2D eigenvalue weighted by atomic mass is 9.91. The zero-order valence-electron chi connectivity index (χ0n) is 9.63. The van der Waals surface area contributed by atoms with Crippen LogP contribution in [0.5, 0.6) is 0 Å². The van der Waals surface area contributed by atoms with E-state index < -0.39 is 0 Å². The van der Waals surface area contributed by atoms with Crippen LogP contribution in [0.25, 0.3) is 0 Å². The van der Waals surface area contributed by atoms with Crippen LogP contribution in [0.3, 0.4) is 0 Å². The highest BCUT2D eigenvalue weighted by Crippen LogP contribution is 2.33. The molecule has 0 spiro atoms. The van der Waals surface area contributed by atoms with Gasteiger partial charge in [0.1, 0.15) is 5.60 Å². The molecule has 0 atom stereocenters. The van der Waals surface area contributed by atoms with E-state index in [9.17, 15) is 4.79 Å². The highest BCUT2D eigenvalue weighted by molar-refractivity contribution is 7.80. The van der Waals surface area contributed by atoms with E-state index in [2.05, 4.69) is 19.6 Å². The molecule has 0 aromatic heterocycles. The number of hydrogen-bond donors (Lipinski definition) is 1. The maximum absolute atomic E-state index is 11.5. The van der Waals surface area contributed by atoms with Crippen LogP contribution >= 0.6 is 12.6 Å². The average Bonchev–Trinajstić information content (AvgIpc) is 2.44. The molecule has 0 N–H and O–H groups in total. The first-order valence-electron chi connectivity index (χ1n) is 6.05. The minimum absolute atomic E-state index is 0.0752. The third-order valence-electron chi connectivity index (χ3n) is 3.31. The van der Waals surface area contributed by atoms with E-state index in [-0.39, 0.29) is 11.6 Å². The molecule has 0 aromatic rings. The number of ether oxygens (including phenoxy) is 1. The molecular formula is C12H22O2S.